The number of nitrogens with zero attached hydrogens (tertiary/aromatic N) is 4. The smallest absolute Gasteiger partial charge is 0.396 e. The Morgan fingerprint density at radius 2 is 1.97 bits per heavy atom. The van der Waals surface area contributed by atoms with Gasteiger partial charge in [0.15, 0.2) is 4.77 Å². The van der Waals surface area contributed by atoms with Crippen molar-refractivity contribution in [1.82, 2.24) is 24.4 Å². The summed E-state index contributed by atoms with van der Waals surface area (Å²) in [6, 6.07) is 2.87. The number of anilines is 1. The molecule has 3 heterocycles. The zero-order chi connectivity index (χ0) is 24.1. The molecule has 0 aliphatic carbocycles. The molecule has 13 heteroatoms. The first-order valence-electron chi connectivity index (χ1n) is 9.60. The lowest BCUT2D eigenvalue weighted by Crippen LogP contribution is -2.46. The van der Waals surface area contributed by atoms with Crippen LogP contribution in [0.25, 0.3) is 5.95 Å². The van der Waals surface area contributed by atoms with Gasteiger partial charge in [-0.3, -0.25) is 9.59 Å². The summed E-state index contributed by atoms with van der Waals surface area (Å²) in [5, 5.41) is 0. The van der Waals surface area contributed by atoms with Gasteiger partial charge in [0.25, 0.3) is 11.5 Å². The lowest BCUT2D eigenvalue weighted by Gasteiger charge is -2.34. The SMILES string of the molecule is C[C@@H]1Cc2c([nH]c(=S)n(-c3ncc(N)cn3)c2=O)CN1C(=O)c1ccc(Br)c(C(F)(F)F)c1. The van der Waals surface area contributed by atoms with Crippen LogP contribution in [0.3, 0.4) is 0 Å². The van der Waals surface area contributed by atoms with E-state index in [4.69, 9.17) is 18.0 Å². The van der Waals surface area contributed by atoms with Crippen LogP contribution in [0.5, 0.6) is 0 Å². The summed E-state index contributed by atoms with van der Waals surface area (Å²) < 4.78 is 40.8. The van der Waals surface area contributed by atoms with Crippen LogP contribution in [0.4, 0.5) is 18.9 Å². The van der Waals surface area contributed by atoms with Crippen LogP contribution < -0.4 is 11.3 Å². The fraction of sp³-hybridized carbons (Fsp3) is 0.250. The molecule has 0 unspecified atom stereocenters. The Morgan fingerprint density at radius 3 is 2.61 bits per heavy atom. The maximum absolute atomic E-state index is 13.3. The summed E-state index contributed by atoms with van der Waals surface area (Å²) >= 11 is 8.18. The molecule has 1 aliphatic heterocycles. The highest BCUT2D eigenvalue weighted by atomic mass is 79.9. The van der Waals surface area contributed by atoms with E-state index in [1.54, 1.807) is 6.92 Å². The van der Waals surface area contributed by atoms with Gasteiger partial charge in [0.1, 0.15) is 0 Å². The van der Waals surface area contributed by atoms with Crippen molar-refractivity contribution >= 4 is 39.7 Å². The normalized spacial score (nSPS) is 15.9. The molecule has 1 aliphatic rings. The molecule has 1 aromatic carbocycles. The number of hydrogen-bond donors (Lipinski definition) is 2. The Balaban J connectivity index is 1.71. The summed E-state index contributed by atoms with van der Waals surface area (Å²) in [6.45, 7) is 1.70. The third kappa shape index (κ3) is 4.29. The van der Waals surface area contributed by atoms with Gasteiger partial charge in [0, 0.05) is 27.3 Å². The van der Waals surface area contributed by atoms with Crippen molar-refractivity contribution in [2.45, 2.75) is 32.1 Å². The Hall–Kier alpha value is -3.06. The maximum Gasteiger partial charge on any atom is 0.417 e. The van der Waals surface area contributed by atoms with Crippen LogP contribution in [0.15, 0.2) is 39.9 Å². The third-order valence-electron chi connectivity index (χ3n) is 5.28. The first kappa shape index (κ1) is 23.1. The number of alkyl halides is 3. The number of amides is 1. The highest BCUT2D eigenvalue weighted by Crippen LogP contribution is 2.36. The number of carbonyl (C=O) groups is 1. The van der Waals surface area contributed by atoms with Crippen LogP contribution in [0.2, 0.25) is 0 Å². The quantitative estimate of drug-likeness (QED) is 0.480. The first-order valence-corrected chi connectivity index (χ1v) is 10.8. The van der Waals surface area contributed by atoms with Crippen molar-refractivity contribution < 1.29 is 18.0 Å². The summed E-state index contributed by atoms with van der Waals surface area (Å²) in [5.41, 5.74) is 5.25. The number of H-pyrrole nitrogens is 1. The largest absolute Gasteiger partial charge is 0.417 e. The van der Waals surface area contributed by atoms with E-state index in [-0.39, 0.29) is 33.7 Å². The maximum atomic E-state index is 13.3. The van der Waals surface area contributed by atoms with Crippen molar-refractivity contribution in [3.8, 4) is 5.95 Å². The van der Waals surface area contributed by atoms with E-state index < -0.39 is 29.2 Å². The van der Waals surface area contributed by atoms with Crippen molar-refractivity contribution in [2.75, 3.05) is 5.73 Å². The second kappa shape index (κ2) is 8.37. The van der Waals surface area contributed by atoms with E-state index in [2.05, 4.69) is 30.9 Å². The summed E-state index contributed by atoms with van der Waals surface area (Å²) in [7, 11) is 0. The minimum absolute atomic E-state index is 0.0188. The van der Waals surface area contributed by atoms with E-state index in [0.717, 1.165) is 10.6 Å². The molecule has 0 radical (unpaired) electrons. The summed E-state index contributed by atoms with van der Waals surface area (Å²) in [5.74, 6) is -0.532. The number of aromatic nitrogens is 4. The number of benzene rings is 1. The Morgan fingerprint density at radius 1 is 1.30 bits per heavy atom. The zero-order valence-electron chi connectivity index (χ0n) is 17.0. The standard InChI is InChI=1S/C20H16BrF3N6O2S/c1-9-4-12-15(28-19(33)30(17(12)32)18-26-6-11(25)7-27-18)8-29(9)16(31)10-2-3-14(21)13(5-10)20(22,23)24/h2-3,5-7,9H,4,8,25H2,1H3,(H,28,33)/t9-/m1/s1. The number of nitrogens with one attached hydrogen (secondary N) is 1. The Bertz CT molecular complexity index is 1370. The fourth-order valence-corrected chi connectivity index (χ4v) is 4.39. The Labute approximate surface area is 198 Å². The predicted octanol–water partition coefficient (Wildman–Crippen LogP) is 3.64. The molecule has 1 amide bonds. The van der Waals surface area contributed by atoms with E-state index in [9.17, 15) is 22.8 Å². The molecule has 1 atom stereocenters. The molecule has 0 bridgehead atoms. The number of nitrogen functional groups attached to an aromatic ring is 1. The molecule has 3 aromatic rings. The van der Waals surface area contributed by atoms with Gasteiger partial charge in [-0.15, -0.1) is 0 Å². The third-order valence-corrected chi connectivity index (χ3v) is 6.26. The van der Waals surface area contributed by atoms with E-state index in [1.165, 1.54) is 29.4 Å². The van der Waals surface area contributed by atoms with E-state index in [0.29, 0.717) is 16.9 Å². The molecule has 4 rings (SSSR count). The van der Waals surface area contributed by atoms with Crippen LogP contribution in [-0.2, 0) is 19.1 Å². The van der Waals surface area contributed by atoms with Crippen LogP contribution in [0.1, 0.15) is 34.1 Å². The van der Waals surface area contributed by atoms with Gasteiger partial charge in [0.05, 0.1) is 30.2 Å². The van der Waals surface area contributed by atoms with Crippen molar-refractivity contribution in [1.29, 1.82) is 0 Å². The molecule has 33 heavy (non-hydrogen) atoms. The van der Waals surface area contributed by atoms with Crippen LogP contribution in [0, 0.1) is 4.77 Å². The number of halogens is 4. The average molecular weight is 541 g/mol. The molecule has 8 nitrogen and oxygen atoms in total. The van der Waals surface area contributed by atoms with Crippen molar-refractivity contribution in [3.63, 3.8) is 0 Å². The highest BCUT2D eigenvalue weighted by Gasteiger charge is 2.35. The highest BCUT2D eigenvalue weighted by molar-refractivity contribution is 9.10. The lowest BCUT2D eigenvalue weighted by molar-refractivity contribution is -0.138. The molecule has 2 aromatic heterocycles. The number of nitrogens with two attached hydrogens (primary N) is 1. The summed E-state index contributed by atoms with van der Waals surface area (Å²) in [4.78, 5) is 38.6. The summed E-state index contributed by atoms with van der Waals surface area (Å²) in [6.07, 6.45) is -1.75. The van der Waals surface area contributed by atoms with Gasteiger partial charge in [0.2, 0.25) is 5.95 Å². The van der Waals surface area contributed by atoms with Crippen LogP contribution >= 0.6 is 28.1 Å². The van der Waals surface area contributed by atoms with Gasteiger partial charge in [-0.1, -0.05) is 15.9 Å². The molecule has 0 saturated heterocycles. The minimum atomic E-state index is -4.62. The molecule has 0 fully saturated rings. The predicted molar refractivity (Wildman–Crippen MR) is 119 cm³/mol. The zero-order valence-corrected chi connectivity index (χ0v) is 19.4. The number of hydrogen-bond acceptors (Lipinski definition) is 6. The van der Waals surface area contributed by atoms with Gasteiger partial charge < -0.3 is 15.6 Å². The number of rotatable bonds is 2. The van der Waals surface area contributed by atoms with Gasteiger partial charge >= 0.3 is 6.18 Å². The Kier molecular flexibility index (Phi) is 5.86. The molecular formula is C20H16BrF3N6O2S. The van der Waals surface area contributed by atoms with E-state index in [1.807, 2.05) is 0 Å². The molecular weight excluding hydrogens is 525 g/mol. The monoisotopic (exact) mass is 540 g/mol. The second-order valence-electron chi connectivity index (χ2n) is 7.52. The first-order chi connectivity index (χ1) is 15.5. The lowest BCUT2D eigenvalue weighted by atomic mass is 9.98. The number of fused-ring (bicyclic) bond motifs is 1. The topological polar surface area (TPSA) is 110 Å². The number of carbonyl (C=O) groups excluding carboxylic acids is 1. The van der Waals surface area contributed by atoms with Crippen molar-refractivity contribution in [3.05, 3.63) is 72.6 Å². The van der Waals surface area contributed by atoms with Gasteiger partial charge in [-0.25, -0.2) is 14.5 Å². The minimum Gasteiger partial charge on any atom is -0.396 e. The number of aromatic amines is 1. The van der Waals surface area contributed by atoms with Crippen molar-refractivity contribution in [2.24, 2.45) is 0 Å². The fourth-order valence-electron chi connectivity index (χ4n) is 3.64. The molecule has 3 N–H and O–H groups in total. The average Bonchev–Trinajstić information content (AvgIpc) is 2.74. The molecule has 172 valence electrons. The van der Waals surface area contributed by atoms with Gasteiger partial charge in [-0.2, -0.15) is 13.2 Å². The molecule has 0 spiro atoms. The van der Waals surface area contributed by atoms with Gasteiger partial charge in [-0.05, 0) is 43.8 Å². The van der Waals surface area contributed by atoms with Crippen LogP contribution in [-0.4, -0.2) is 36.4 Å². The van der Waals surface area contributed by atoms with E-state index >= 15 is 0 Å². The molecule has 0 saturated carbocycles. The second-order valence-corrected chi connectivity index (χ2v) is 8.76.